The third-order valence-electron chi connectivity index (χ3n) is 4.49. The van der Waals surface area contributed by atoms with Crippen molar-refractivity contribution < 1.29 is 9.47 Å². The number of allylic oxidation sites excluding steroid dienone is 1. The van der Waals surface area contributed by atoms with E-state index in [1.807, 2.05) is 25.1 Å². The lowest BCUT2D eigenvalue weighted by atomic mass is 9.96. The Kier molecular flexibility index (Phi) is 9.73. The summed E-state index contributed by atoms with van der Waals surface area (Å²) in [6.07, 6.45) is 6.00. The van der Waals surface area contributed by atoms with Crippen molar-refractivity contribution in [3.8, 4) is 5.75 Å². The molecule has 3 atom stereocenters. The fourth-order valence-corrected chi connectivity index (χ4v) is 2.76. The monoisotopic (exact) mass is 333 g/mol. The van der Waals surface area contributed by atoms with E-state index in [2.05, 4.69) is 39.5 Å². The highest BCUT2D eigenvalue weighted by Crippen LogP contribution is 2.24. The first-order valence-corrected chi connectivity index (χ1v) is 9.26. The van der Waals surface area contributed by atoms with Crippen LogP contribution in [0.4, 0.5) is 0 Å². The Bertz CT molecular complexity index is 455. The molecule has 0 aliphatic rings. The van der Waals surface area contributed by atoms with Crippen LogP contribution in [0.3, 0.4) is 0 Å². The fourth-order valence-electron chi connectivity index (χ4n) is 2.76. The summed E-state index contributed by atoms with van der Waals surface area (Å²) in [4.78, 5) is 0. The molecule has 3 unspecified atom stereocenters. The molecule has 0 saturated heterocycles. The van der Waals surface area contributed by atoms with Gasteiger partial charge in [0.15, 0.2) is 6.29 Å². The molecule has 24 heavy (non-hydrogen) atoms. The van der Waals surface area contributed by atoms with Crippen molar-refractivity contribution in [1.82, 2.24) is 0 Å². The maximum Gasteiger partial charge on any atom is 0.199 e. The predicted molar refractivity (Wildman–Crippen MR) is 102 cm³/mol. The molecule has 3 nitrogen and oxygen atoms in total. The third kappa shape index (κ3) is 7.06. The largest absolute Gasteiger partial charge is 0.465 e. The Hall–Kier alpha value is -1.32. The average Bonchev–Trinajstić information content (AvgIpc) is 2.58. The summed E-state index contributed by atoms with van der Waals surface area (Å²) < 4.78 is 11.8. The summed E-state index contributed by atoms with van der Waals surface area (Å²) in [7, 11) is 0. The van der Waals surface area contributed by atoms with Crippen LogP contribution in [0.25, 0.3) is 0 Å². The Balaban J connectivity index is 2.62. The summed E-state index contributed by atoms with van der Waals surface area (Å²) >= 11 is 0. The molecule has 0 aliphatic heterocycles. The zero-order chi connectivity index (χ0) is 17.9. The van der Waals surface area contributed by atoms with Crippen LogP contribution < -0.4 is 10.5 Å². The summed E-state index contributed by atoms with van der Waals surface area (Å²) in [5, 5.41) is 0. The van der Waals surface area contributed by atoms with Gasteiger partial charge in [0.1, 0.15) is 5.75 Å². The van der Waals surface area contributed by atoms with Gasteiger partial charge in [0.2, 0.25) is 0 Å². The van der Waals surface area contributed by atoms with Gasteiger partial charge in [-0.1, -0.05) is 45.4 Å². The lowest BCUT2D eigenvalue weighted by molar-refractivity contribution is -0.0825. The molecule has 0 spiro atoms. The van der Waals surface area contributed by atoms with Crippen LogP contribution in [0.15, 0.2) is 36.9 Å². The summed E-state index contributed by atoms with van der Waals surface area (Å²) in [5.41, 5.74) is 7.33. The second-order valence-corrected chi connectivity index (χ2v) is 6.72. The SMILES string of the molecule is C=CCC(CC)CCC(OCC)Oc1ccc(C(N)C(C)C)cc1. The van der Waals surface area contributed by atoms with Gasteiger partial charge in [-0.3, -0.25) is 0 Å². The lowest BCUT2D eigenvalue weighted by Gasteiger charge is -2.22. The van der Waals surface area contributed by atoms with Crippen LogP contribution in [-0.2, 0) is 4.74 Å². The zero-order valence-corrected chi connectivity index (χ0v) is 15.8. The fraction of sp³-hybridized carbons (Fsp3) is 0.619. The molecule has 0 aromatic heterocycles. The molecule has 0 amide bonds. The van der Waals surface area contributed by atoms with Crippen LogP contribution in [0, 0.1) is 11.8 Å². The maximum atomic E-state index is 6.19. The average molecular weight is 334 g/mol. The smallest absolute Gasteiger partial charge is 0.199 e. The highest BCUT2D eigenvalue weighted by atomic mass is 16.7. The Morgan fingerprint density at radius 1 is 1.12 bits per heavy atom. The second kappa shape index (κ2) is 11.3. The first kappa shape index (κ1) is 20.7. The standard InChI is InChI=1S/C21H35NO2/c1-6-9-17(7-2)10-15-20(23-8-3)24-19-13-11-18(12-14-19)21(22)16(4)5/h6,11-14,16-17,20-21H,1,7-10,15,22H2,2-5H3. The van der Waals surface area contributed by atoms with Crippen molar-refractivity contribution in [1.29, 1.82) is 0 Å². The summed E-state index contributed by atoms with van der Waals surface area (Å²) in [6, 6.07) is 8.14. The van der Waals surface area contributed by atoms with E-state index in [0.717, 1.165) is 37.0 Å². The Labute approximate surface area is 148 Å². The topological polar surface area (TPSA) is 44.5 Å². The molecule has 0 saturated carbocycles. The molecule has 136 valence electrons. The molecule has 1 rings (SSSR count). The molecule has 0 fully saturated rings. The molecule has 2 N–H and O–H groups in total. The number of hydrogen-bond acceptors (Lipinski definition) is 3. The van der Waals surface area contributed by atoms with Gasteiger partial charge in [-0.25, -0.2) is 0 Å². The van der Waals surface area contributed by atoms with E-state index >= 15 is 0 Å². The summed E-state index contributed by atoms with van der Waals surface area (Å²) in [6.45, 7) is 13.0. The molecule has 1 aromatic rings. The van der Waals surface area contributed by atoms with Gasteiger partial charge in [0.25, 0.3) is 0 Å². The number of benzene rings is 1. The molecule has 0 radical (unpaired) electrons. The van der Waals surface area contributed by atoms with E-state index in [1.165, 1.54) is 0 Å². The van der Waals surface area contributed by atoms with Gasteiger partial charge in [-0.2, -0.15) is 0 Å². The molecule has 1 aromatic carbocycles. The normalized spacial score (nSPS) is 15.1. The van der Waals surface area contributed by atoms with Gasteiger partial charge < -0.3 is 15.2 Å². The van der Waals surface area contributed by atoms with Crippen LogP contribution in [-0.4, -0.2) is 12.9 Å². The van der Waals surface area contributed by atoms with E-state index in [4.69, 9.17) is 15.2 Å². The predicted octanol–water partition coefficient (Wildman–Crippen LogP) is 5.47. The minimum atomic E-state index is -0.196. The lowest BCUT2D eigenvalue weighted by Crippen LogP contribution is -2.22. The van der Waals surface area contributed by atoms with Crippen LogP contribution >= 0.6 is 0 Å². The number of rotatable bonds is 12. The zero-order valence-electron chi connectivity index (χ0n) is 15.8. The van der Waals surface area contributed by atoms with E-state index in [-0.39, 0.29) is 12.3 Å². The van der Waals surface area contributed by atoms with Crippen LogP contribution in [0.2, 0.25) is 0 Å². The Morgan fingerprint density at radius 3 is 2.29 bits per heavy atom. The molecule has 0 bridgehead atoms. The van der Waals surface area contributed by atoms with E-state index in [1.54, 1.807) is 0 Å². The van der Waals surface area contributed by atoms with Crippen molar-refractivity contribution in [2.45, 2.75) is 65.7 Å². The Morgan fingerprint density at radius 2 is 1.79 bits per heavy atom. The van der Waals surface area contributed by atoms with Gasteiger partial charge in [0.05, 0.1) is 0 Å². The van der Waals surface area contributed by atoms with Crippen molar-refractivity contribution >= 4 is 0 Å². The number of ether oxygens (including phenoxy) is 2. The highest BCUT2D eigenvalue weighted by Gasteiger charge is 2.15. The van der Waals surface area contributed by atoms with Crippen LogP contribution in [0.1, 0.15) is 65.0 Å². The van der Waals surface area contributed by atoms with Gasteiger partial charge in [-0.05, 0) is 49.3 Å². The molecule has 0 aliphatic carbocycles. The highest BCUT2D eigenvalue weighted by molar-refractivity contribution is 5.29. The van der Waals surface area contributed by atoms with E-state index in [9.17, 15) is 0 Å². The maximum absolute atomic E-state index is 6.19. The quantitative estimate of drug-likeness (QED) is 0.408. The second-order valence-electron chi connectivity index (χ2n) is 6.72. The van der Waals surface area contributed by atoms with Crippen molar-refractivity contribution in [2.75, 3.05) is 6.61 Å². The van der Waals surface area contributed by atoms with Crippen molar-refractivity contribution in [3.05, 3.63) is 42.5 Å². The molecular weight excluding hydrogens is 298 g/mol. The van der Waals surface area contributed by atoms with Crippen LogP contribution in [0.5, 0.6) is 5.75 Å². The molecule has 0 heterocycles. The minimum Gasteiger partial charge on any atom is -0.465 e. The van der Waals surface area contributed by atoms with E-state index in [0.29, 0.717) is 18.4 Å². The minimum absolute atomic E-state index is 0.0611. The first-order valence-electron chi connectivity index (χ1n) is 9.26. The van der Waals surface area contributed by atoms with Crippen molar-refractivity contribution in [2.24, 2.45) is 17.6 Å². The van der Waals surface area contributed by atoms with Gasteiger partial charge in [-0.15, -0.1) is 6.58 Å². The van der Waals surface area contributed by atoms with Gasteiger partial charge >= 0.3 is 0 Å². The first-order chi connectivity index (χ1) is 11.5. The summed E-state index contributed by atoms with van der Waals surface area (Å²) in [5.74, 6) is 1.91. The molecular formula is C21H35NO2. The van der Waals surface area contributed by atoms with Crippen molar-refractivity contribution in [3.63, 3.8) is 0 Å². The van der Waals surface area contributed by atoms with E-state index < -0.39 is 0 Å². The molecule has 3 heteroatoms. The third-order valence-corrected chi connectivity index (χ3v) is 4.49. The van der Waals surface area contributed by atoms with Gasteiger partial charge in [0, 0.05) is 19.1 Å². The number of hydrogen-bond donors (Lipinski definition) is 1. The number of nitrogens with two attached hydrogens (primary N) is 1.